The van der Waals surface area contributed by atoms with Crippen molar-refractivity contribution in [3.05, 3.63) is 58.2 Å². The number of aromatic nitrogens is 6. The first kappa shape index (κ1) is 15.5. The molecule has 0 atom stereocenters. The molecular weight excluding hydrogens is 310 g/mol. The van der Waals surface area contributed by atoms with Gasteiger partial charge in [-0.05, 0) is 13.3 Å². The van der Waals surface area contributed by atoms with Crippen molar-refractivity contribution in [3.63, 3.8) is 0 Å². The number of rotatable bonds is 4. The number of anilines is 1. The summed E-state index contributed by atoms with van der Waals surface area (Å²) in [5.41, 5.74) is 1.19. The topological polar surface area (TPSA) is 118 Å². The van der Waals surface area contributed by atoms with Crippen LogP contribution in [0.1, 0.15) is 28.8 Å². The first-order chi connectivity index (χ1) is 11.6. The molecule has 3 aromatic rings. The van der Waals surface area contributed by atoms with E-state index in [4.69, 9.17) is 0 Å². The van der Waals surface area contributed by atoms with E-state index in [1.807, 2.05) is 6.92 Å². The van der Waals surface area contributed by atoms with E-state index in [2.05, 4.69) is 30.4 Å². The van der Waals surface area contributed by atoms with Crippen LogP contribution in [0.2, 0.25) is 0 Å². The maximum Gasteiger partial charge on any atom is 0.277 e. The standard InChI is InChI=1S/C15H15N7O2/c1-3-10-7-13(23)20-15(18-10)22-12(6-9(2)21-22)19-14(24)11-8-16-4-5-17-11/h4-8H,3H2,1-2H3,(H,19,24)(H,18,20,23). The predicted molar refractivity (Wildman–Crippen MR) is 86.1 cm³/mol. The number of aromatic amines is 1. The lowest BCUT2D eigenvalue weighted by atomic mass is 10.3. The smallest absolute Gasteiger partial charge is 0.277 e. The quantitative estimate of drug-likeness (QED) is 0.734. The Morgan fingerprint density at radius 1 is 1.33 bits per heavy atom. The van der Waals surface area contributed by atoms with E-state index < -0.39 is 5.91 Å². The number of carbonyl (C=O) groups is 1. The SMILES string of the molecule is CCc1cc(=O)[nH]c(-n2nc(C)cc2NC(=O)c2cnccn2)n1. The largest absolute Gasteiger partial charge is 0.305 e. The minimum absolute atomic E-state index is 0.173. The summed E-state index contributed by atoms with van der Waals surface area (Å²) in [5, 5.41) is 6.98. The number of nitrogens with one attached hydrogen (secondary N) is 2. The van der Waals surface area contributed by atoms with Crippen molar-refractivity contribution in [2.45, 2.75) is 20.3 Å². The summed E-state index contributed by atoms with van der Waals surface area (Å²) in [7, 11) is 0. The Labute approximate surface area is 136 Å². The minimum atomic E-state index is -0.432. The Morgan fingerprint density at radius 3 is 2.88 bits per heavy atom. The average Bonchev–Trinajstić information content (AvgIpc) is 2.95. The van der Waals surface area contributed by atoms with Crippen LogP contribution >= 0.6 is 0 Å². The zero-order valence-electron chi connectivity index (χ0n) is 13.1. The molecule has 9 heteroatoms. The Balaban J connectivity index is 1.98. The molecule has 2 N–H and O–H groups in total. The molecule has 0 saturated heterocycles. The normalized spacial score (nSPS) is 10.6. The van der Waals surface area contributed by atoms with Crippen LogP contribution in [0.4, 0.5) is 5.82 Å². The summed E-state index contributed by atoms with van der Waals surface area (Å²) in [6.45, 7) is 3.67. The number of hydrogen-bond donors (Lipinski definition) is 2. The van der Waals surface area contributed by atoms with Gasteiger partial charge in [-0.15, -0.1) is 0 Å². The van der Waals surface area contributed by atoms with Crippen LogP contribution in [-0.2, 0) is 6.42 Å². The third-order valence-electron chi connectivity index (χ3n) is 3.21. The van der Waals surface area contributed by atoms with Crippen LogP contribution in [0.15, 0.2) is 35.5 Å². The fraction of sp³-hybridized carbons (Fsp3) is 0.200. The number of hydrogen-bond acceptors (Lipinski definition) is 6. The summed E-state index contributed by atoms with van der Waals surface area (Å²) in [6, 6.07) is 3.10. The highest BCUT2D eigenvalue weighted by atomic mass is 16.2. The molecule has 1 amide bonds. The number of amides is 1. The summed E-state index contributed by atoms with van der Waals surface area (Å²) < 4.78 is 1.38. The number of carbonyl (C=O) groups excluding carboxylic acids is 1. The van der Waals surface area contributed by atoms with E-state index in [1.54, 1.807) is 13.0 Å². The molecule has 0 aliphatic heterocycles. The van der Waals surface area contributed by atoms with Gasteiger partial charge in [-0.1, -0.05) is 6.92 Å². The van der Waals surface area contributed by atoms with Crippen molar-refractivity contribution >= 4 is 11.7 Å². The van der Waals surface area contributed by atoms with Gasteiger partial charge in [-0.3, -0.25) is 19.6 Å². The lowest BCUT2D eigenvalue weighted by Crippen LogP contribution is -2.20. The molecule has 3 aromatic heterocycles. The fourth-order valence-corrected chi connectivity index (χ4v) is 2.12. The van der Waals surface area contributed by atoms with Gasteiger partial charge in [0.05, 0.1) is 11.9 Å². The molecule has 0 aliphatic carbocycles. The van der Waals surface area contributed by atoms with Crippen LogP contribution in [0.5, 0.6) is 0 Å². The van der Waals surface area contributed by atoms with Gasteiger partial charge in [-0.25, -0.2) is 9.97 Å². The first-order valence-electron chi connectivity index (χ1n) is 7.31. The van der Waals surface area contributed by atoms with Crippen LogP contribution in [0.3, 0.4) is 0 Å². The van der Waals surface area contributed by atoms with E-state index in [0.717, 1.165) is 0 Å². The van der Waals surface area contributed by atoms with Crippen molar-refractivity contribution in [2.24, 2.45) is 0 Å². The summed E-state index contributed by atoms with van der Waals surface area (Å²) in [4.78, 5) is 38.8. The van der Waals surface area contributed by atoms with Crippen molar-refractivity contribution in [1.82, 2.24) is 29.7 Å². The van der Waals surface area contributed by atoms with Crippen LogP contribution in [-0.4, -0.2) is 35.6 Å². The van der Waals surface area contributed by atoms with Gasteiger partial charge in [0.25, 0.3) is 11.5 Å². The molecule has 0 aliphatic rings. The lowest BCUT2D eigenvalue weighted by Gasteiger charge is -2.08. The molecule has 0 unspecified atom stereocenters. The third-order valence-corrected chi connectivity index (χ3v) is 3.21. The van der Waals surface area contributed by atoms with Gasteiger partial charge in [0.2, 0.25) is 5.95 Å². The van der Waals surface area contributed by atoms with E-state index in [-0.39, 0.29) is 17.2 Å². The van der Waals surface area contributed by atoms with Gasteiger partial charge >= 0.3 is 0 Å². The molecule has 0 aromatic carbocycles. The van der Waals surface area contributed by atoms with E-state index >= 15 is 0 Å². The number of nitrogens with zero attached hydrogens (tertiary/aromatic N) is 5. The van der Waals surface area contributed by atoms with Gasteiger partial charge in [0.15, 0.2) is 0 Å². The van der Waals surface area contributed by atoms with Crippen molar-refractivity contribution in [2.75, 3.05) is 5.32 Å². The van der Waals surface area contributed by atoms with E-state index in [9.17, 15) is 9.59 Å². The second kappa shape index (κ2) is 6.41. The first-order valence-corrected chi connectivity index (χ1v) is 7.31. The van der Waals surface area contributed by atoms with Crippen LogP contribution in [0, 0.1) is 6.92 Å². The van der Waals surface area contributed by atoms with Crippen molar-refractivity contribution in [3.8, 4) is 5.95 Å². The average molecular weight is 325 g/mol. The maximum atomic E-state index is 12.2. The summed E-state index contributed by atoms with van der Waals surface area (Å²) in [6.07, 6.45) is 4.89. The monoisotopic (exact) mass is 325 g/mol. The Morgan fingerprint density at radius 2 is 2.17 bits per heavy atom. The van der Waals surface area contributed by atoms with Gasteiger partial charge < -0.3 is 5.32 Å². The third kappa shape index (κ3) is 3.19. The van der Waals surface area contributed by atoms with Gasteiger partial charge in [0, 0.05) is 30.2 Å². The Bertz CT molecular complexity index is 930. The molecule has 0 radical (unpaired) electrons. The molecular formula is C15H15N7O2. The number of H-pyrrole nitrogens is 1. The summed E-state index contributed by atoms with van der Waals surface area (Å²) >= 11 is 0. The molecule has 24 heavy (non-hydrogen) atoms. The Hall–Kier alpha value is -3.36. The highest BCUT2D eigenvalue weighted by Gasteiger charge is 2.15. The summed E-state index contributed by atoms with van der Waals surface area (Å²) in [5.74, 6) is 0.180. The molecule has 3 heterocycles. The highest BCUT2D eigenvalue weighted by Crippen LogP contribution is 2.14. The second-order valence-electron chi connectivity index (χ2n) is 5.04. The predicted octanol–water partition coefficient (Wildman–Crippen LogP) is 0.869. The lowest BCUT2D eigenvalue weighted by molar-refractivity contribution is 0.102. The van der Waals surface area contributed by atoms with E-state index in [0.29, 0.717) is 23.6 Å². The number of aryl methyl sites for hydroxylation is 2. The minimum Gasteiger partial charge on any atom is -0.305 e. The van der Waals surface area contributed by atoms with E-state index in [1.165, 1.54) is 29.3 Å². The van der Waals surface area contributed by atoms with Crippen molar-refractivity contribution < 1.29 is 4.79 Å². The zero-order chi connectivity index (χ0) is 17.1. The van der Waals surface area contributed by atoms with Gasteiger partial charge in [0.1, 0.15) is 11.5 Å². The van der Waals surface area contributed by atoms with Gasteiger partial charge in [-0.2, -0.15) is 9.78 Å². The molecule has 9 nitrogen and oxygen atoms in total. The molecule has 122 valence electrons. The maximum absolute atomic E-state index is 12.2. The Kier molecular flexibility index (Phi) is 4.15. The van der Waals surface area contributed by atoms with Crippen LogP contribution in [0.25, 0.3) is 5.95 Å². The molecule has 0 spiro atoms. The van der Waals surface area contributed by atoms with Crippen LogP contribution < -0.4 is 10.9 Å². The molecule has 0 fully saturated rings. The molecule has 3 rings (SSSR count). The van der Waals surface area contributed by atoms with Crippen molar-refractivity contribution in [1.29, 1.82) is 0 Å². The zero-order valence-corrected chi connectivity index (χ0v) is 13.1. The second-order valence-corrected chi connectivity index (χ2v) is 5.04. The molecule has 0 saturated carbocycles. The molecule has 0 bridgehead atoms. The highest BCUT2D eigenvalue weighted by molar-refractivity contribution is 6.02. The fourth-order valence-electron chi connectivity index (χ4n) is 2.12.